The number of alkyl halides is 1. The Labute approximate surface area is 165 Å². The molecule has 0 aliphatic carbocycles. The van der Waals surface area contributed by atoms with E-state index >= 15 is 0 Å². The molecule has 0 amide bonds. The third-order valence-electron chi connectivity index (χ3n) is 4.37. The molecule has 0 rings (SSSR count). The van der Waals surface area contributed by atoms with Crippen LogP contribution in [-0.4, -0.2) is 30.5 Å². The number of halogens is 1. The Morgan fingerprint density at radius 1 is 0.731 bits per heavy atom. The predicted octanol–water partition coefficient (Wildman–Crippen LogP) is 6.18. The molecule has 1 unspecified atom stereocenters. The summed E-state index contributed by atoms with van der Waals surface area (Å²) < 4.78 is 10.5. The van der Waals surface area contributed by atoms with Crippen LogP contribution in [0.3, 0.4) is 0 Å². The summed E-state index contributed by atoms with van der Waals surface area (Å²) in [5, 5.41) is 0. The molecule has 0 N–H and O–H groups in total. The summed E-state index contributed by atoms with van der Waals surface area (Å²) in [4.78, 5) is 23.5. The number of carbonyl (C=O) groups excluding carboxylic acids is 2. The smallest absolute Gasteiger partial charge is 0.306 e. The summed E-state index contributed by atoms with van der Waals surface area (Å²) in [6, 6.07) is 0. The first-order valence-electron chi connectivity index (χ1n) is 10.5. The quantitative estimate of drug-likeness (QED) is 0.159. The van der Waals surface area contributed by atoms with Gasteiger partial charge in [-0.1, -0.05) is 78.1 Å². The highest BCUT2D eigenvalue weighted by molar-refractivity contribution is 6.18. The maximum atomic E-state index is 11.8. The molecule has 5 heteroatoms. The second-order valence-electron chi connectivity index (χ2n) is 6.98. The number of ether oxygens (including phenoxy) is 2. The van der Waals surface area contributed by atoms with E-state index in [1.807, 2.05) is 0 Å². The van der Waals surface area contributed by atoms with Gasteiger partial charge in [0.15, 0.2) is 0 Å². The van der Waals surface area contributed by atoms with Gasteiger partial charge in [0.25, 0.3) is 0 Å². The van der Waals surface area contributed by atoms with E-state index in [-0.39, 0.29) is 24.4 Å². The van der Waals surface area contributed by atoms with E-state index < -0.39 is 6.10 Å². The second kappa shape index (κ2) is 19.0. The number of carbonyl (C=O) groups is 2. The van der Waals surface area contributed by atoms with Crippen molar-refractivity contribution < 1.29 is 19.1 Å². The van der Waals surface area contributed by atoms with E-state index in [1.54, 1.807) is 0 Å². The second-order valence-corrected chi connectivity index (χ2v) is 7.29. The van der Waals surface area contributed by atoms with Crippen LogP contribution < -0.4 is 0 Å². The SMILES string of the molecule is CCCCCCCCCC(=O)OCC(CCl)OC(=O)CCCCCCC. The fourth-order valence-corrected chi connectivity index (χ4v) is 2.86. The number of esters is 2. The molecule has 4 nitrogen and oxygen atoms in total. The molecule has 0 fully saturated rings. The zero-order valence-corrected chi connectivity index (χ0v) is 17.7. The summed E-state index contributed by atoms with van der Waals surface area (Å²) >= 11 is 5.82. The lowest BCUT2D eigenvalue weighted by molar-refractivity contribution is -0.157. The maximum Gasteiger partial charge on any atom is 0.306 e. The topological polar surface area (TPSA) is 52.6 Å². The van der Waals surface area contributed by atoms with Gasteiger partial charge >= 0.3 is 11.9 Å². The first-order valence-corrected chi connectivity index (χ1v) is 11.1. The predicted molar refractivity (Wildman–Crippen MR) is 108 cm³/mol. The van der Waals surface area contributed by atoms with Gasteiger partial charge in [0, 0.05) is 12.8 Å². The third kappa shape index (κ3) is 16.7. The van der Waals surface area contributed by atoms with E-state index in [0.29, 0.717) is 12.8 Å². The Hall–Kier alpha value is -0.770. The van der Waals surface area contributed by atoms with Crippen LogP contribution in [0.1, 0.15) is 104 Å². The van der Waals surface area contributed by atoms with Crippen LogP contribution in [0, 0.1) is 0 Å². The third-order valence-corrected chi connectivity index (χ3v) is 4.71. The van der Waals surface area contributed by atoms with Gasteiger partial charge in [-0.15, -0.1) is 11.6 Å². The van der Waals surface area contributed by atoms with Crippen molar-refractivity contribution in [3.8, 4) is 0 Å². The molecule has 0 saturated carbocycles. The zero-order chi connectivity index (χ0) is 19.5. The highest BCUT2D eigenvalue weighted by Gasteiger charge is 2.15. The Morgan fingerprint density at radius 3 is 1.69 bits per heavy atom. The van der Waals surface area contributed by atoms with E-state index in [4.69, 9.17) is 21.1 Å². The van der Waals surface area contributed by atoms with Crippen molar-refractivity contribution in [1.29, 1.82) is 0 Å². The largest absolute Gasteiger partial charge is 0.462 e. The summed E-state index contributed by atoms with van der Waals surface area (Å²) in [5.74, 6) is -0.341. The molecule has 154 valence electrons. The molecule has 0 saturated heterocycles. The zero-order valence-electron chi connectivity index (χ0n) is 16.9. The molecular weight excluding hydrogens is 352 g/mol. The van der Waals surface area contributed by atoms with Crippen LogP contribution in [0.2, 0.25) is 0 Å². The molecule has 26 heavy (non-hydrogen) atoms. The molecule has 0 aromatic carbocycles. The van der Waals surface area contributed by atoms with E-state index in [0.717, 1.165) is 32.1 Å². The minimum Gasteiger partial charge on any atom is -0.462 e. The molecular formula is C21H39ClO4. The summed E-state index contributed by atoms with van der Waals surface area (Å²) in [5.41, 5.74) is 0. The van der Waals surface area contributed by atoms with E-state index in [9.17, 15) is 9.59 Å². The summed E-state index contributed by atoms with van der Waals surface area (Å²) in [7, 11) is 0. The van der Waals surface area contributed by atoms with Gasteiger partial charge in [-0.2, -0.15) is 0 Å². The van der Waals surface area contributed by atoms with Crippen molar-refractivity contribution >= 4 is 23.5 Å². The van der Waals surface area contributed by atoms with Crippen molar-refractivity contribution in [2.45, 2.75) is 110 Å². The summed E-state index contributed by atoms with van der Waals surface area (Å²) in [6.45, 7) is 4.42. The average molecular weight is 391 g/mol. The van der Waals surface area contributed by atoms with E-state index in [1.165, 1.54) is 44.9 Å². The Kier molecular flexibility index (Phi) is 18.4. The van der Waals surface area contributed by atoms with Gasteiger partial charge in [0.1, 0.15) is 12.7 Å². The average Bonchev–Trinajstić information content (AvgIpc) is 2.64. The lowest BCUT2D eigenvalue weighted by Crippen LogP contribution is -2.26. The Bertz CT molecular complexity index is 347. The van der Waals surface area contributed by atoms with Gasteiger partial charge in [-0.3, -0.25) is 9.59 Å². The lowest BCUT2D eigenvalue weighted by atomic mass is 10.1. The molecule has 0 aromatic heterocycles. The lowest BCUT2D eigenvalue weighted by Gasteiger charge is -2.15. The fourth-order valence-electron chi connectivity index (χ4n) is 2.71. The molecule has 0 aliphatic rings. The molecule has 1 atom stereocenters. The highest BCUT2D eigenvalue weighted by atomic mass is 35.5. The first-order chi connectivity index (χ1) is 12.6. The van der Waals surface area contributed by atoms with Gasteiger partial charge in [0.05, 0.1) is 5.88 Å². The summed E-state index contributed by atoms with van der Waals surface area (Å²) in [6.07, 6.45) is 13.9. The Morgan fingerprint density at radius 2 is 1.19 bits per heavy atom. The fraction of sp³-hybridized carbons (Fsp3) is 0.905. The van der Waals surface area contributed by atoms with Crippen molar-refractivity contribution in [3.63, 3.8) is 0 Å². The van der Waals surface area contributed by atoms with Crippen LogP contribution in [0.15, 0.2) is 0 Å². The standard InChI is InChI=1S/C21H39ClO4/c1-3-5-7-9-10-12-13-15-20(23)25-18-19(17-22)26-21(24)16-14-11-8-6-4-2/h19H,3-18H2,1-2H3. The molecule has 0 aliphatic heterocycles. The molecule has 0 spiro atoms. The van der Waals surface area contributed by atoms with Gasteiger partial charge < -0.3 is 9.47 Å². The van der Waals surface area contributed by atoms with E-state index in [2.05, 4.69) is 13.8 Å². The number of unbranched alkanes of at least 4 members (excludes halogenated alkanes) is 10. The highest BCUT2D eigenvalue weighted by Crippen LogP contribution is 2.10. The van der Waals surface area contributed by atoms with Crippen LogP contribution in [0.4, 0.5) is 0 Å². The minimum atomic E-state index is -0.544. The molecule has 0 heterocycles. The Balaban J connectivity index is 3.68. The van der Waals surface area contributed by atoms with Crippen LogP contribution in [0.5, 0.6) is 0 Å². The van der Waals surface area contributed by atoms with Crippen molar-refractivity contribution in [1.82, 2.24) is 0 Å². The molecule has 0 radical (unpaired) electrons. The number of hydrogen-bond acceptors (Lipinski definition) is 4. The van der Waals surface area contributed by atoms with Crippen LogP contribution in [0.25, 0.3) is 0 Å². The number of hydrogen-bond donors (Lipinski definition) is 0. The molecule has 0 bridgehead atoms. The monoisotopic (exact) mass is 390 g/mol. The number of rotatable bonds is 18. The molecule has 0 aromatic rings. The van der Waals surface area contributed by atoms with Gasteiger partial charge in [-0.05, 0) is 12.8 Å². The van der Waals surface area contributed by atoms with Crippen molar-refractivity contribution in [2.75, 3.05) is 12.5 Å². The minimum absolute atomic E-state index is 0.0560. The van der Waals surface area contributed by atoms with Crippen LogP contribution in [-0.2, 0) is 19.1 Å². The van der Waals surface area contributed by atoms with Crippen molar-refractivity contribution in [2.24, 2.45) is 0 Å². The van der Waals surface area contributed by atoms with Crippen molar-refractivity contribution in [3.05, 3.63) is 0 Å². The van der Waals surface area contributed by atoms with Gasteiger partial charge in [0.2, 0.25) is 0 Å². The van der Waals surface area contributed by atoms with Crippen LogP contribution >= 0.6 is 11.6 Å². The van der Waals surface area contributed by atoms with Gasteiger partial charge in [-0.25, -0.2) is 0 Å². The first kappa shape index (κ1) is 25.2. The normalized spacial score (nSPS) is 12.0. The maximum absolute atomic E-state index is 11.8.